The summed E-state index contributed by atoms with van der Waals surface area (Å²) in [5, 5.41) is 1.27. The van der Waals surface area contributed by atoms with Crippen LogP contribution < -0.4 is 0 Å². The third kappa shape index (κ3) is 2.83. The van der Waals surface area contributed by atoms with E-state index >= 15 is 0 Å². The van der Waals surface area contributed by atoms with Gasteiger partial charge >= 0.3 is 36.7 Å². The second-order valence-electron chi connectivity index (χ2n) is 0.689. The van der Waals surface area contributed by atoms with E-state index in [2.05, 4.69) is 6.92 Å². The van der Waals surface area contributed by atoms with Crippen molar-refractivity contribution < 1.29 is 0 Å². The quantitative estimate of drug-likeness (QED) is 0.470. The minimum atomic E-state index is -0.417. The second kappa shape index (κ2) is 3.83. The van der Waals surface area contributed by atoms with E-state index in [1.54, 1.807) is 0 Å². The van der Waals surface area contributed by atoms with E-state index < -0.39 is 14.5 Å². The van der Waals surface area contributed by atoms with Crippen molar-refractivity contribution in [2.45, 2.75) is 12.2 Å². The molecular formula is C2H7ClGe. The SMILES string of the molecule is C[CH2][GeH2][Cl]. The predicted molar refractivity (Wildman–Crippen MR) is 24.9 cm³/mol. The van der Waals surface area contributed by atoms with Crippen molar-refractivity contribution in [1.82, 2.24) is 0 Å². The Balaban J connectivity index is 1.97. The van der Waals surface area contributed by atoms with E-state index in [0.717, 1.165) is 0 Å². The first kappa shape index (κ1) is 4.83. The van der Waals surface area contributed by atoms with Crippen LogP contribution in [-0.2, 0) is 0 Å². The van der Waals surface area contributed by atoms with Gasteiger partial charge in [-0.1, -0.05) is 0 Å². The summed E-state index contributed by atoms with van der Waals surface area (Å²) in [6.07, 6.45) is 0. The first-order valence-electron chi connectivity index (χ1n) is 1.47. The van der Waals surface area contributed by atoms with Crippen LogP contribution in [0.15, 0.2) is 0 Å². The van der Waals surface area contributed by atoms with Gasteiger partial charge in [0.25, 0.3) is 0 Å². The summed E-state index contributed by atoms with van der Waals surface area (Å²) in [5.74, 6) is 0. The molecule has 0 N–H and O–H groups in total. The van der Waals surface area contributed by atoms with Crippen LogP contribution >= 0.6 is 10.0 Å². The second-order valence-corrected chi connectivity index (χ2v) is 5.54. The van der Waals surface area contributed by atoms with Gasteiger partial charge in [-0.05, 0) is 0 Å². The van der Waals surface area contributed by atoms with Crippen molar-refractivity contribution in [3.63, 3.8) is 0 Å². The average Bonchev–Trinajstić information content (AvgIpc) is 1.37. The zero-order chi connectivity index (χ0) is 3.41. The summed E-state index contributed by atoms with van der Waals surface area (Å²) < 4.78 is 0. The molecule has 0 amide bonds. The molecule has 0 nitrogen and oxygen atoms in total. The van der Waals surface area contributed by atoms with Gasteiger partial charge in [-0.15, -0.1) is 0 Å². The Bertz CT molecular complexity index is 8.00. The van der Waals surface area contributed by atoms with Gasteiger partial charge in [-0.2, -0.15) is 0 Å². The van der Waals surface area contributed by atoms with Crippen molar-refractivity contribution in [2.24, 2.45) is 0 Å². The van der Waals surface area contributed by atoms with Crippen LogP contribution in [0.25, 0.3) is 0 Å². The van der Waals surface area contributed by atoms with Gasteiger partial charge in [-0.3, -0.25) is 0 Å². The van der Waals surface area contributed by atoms with Gasteiger partial charge in [0.1, 0.15) is 0 Å². The predicted octanol–water partition coefficient (Wildman–Crippen LogP) is 0.747. The molecule has 0 heterocycles. The molecule has 2 heteroatoms. The molecule has 0 aromatic carbocycles. The summed E-state index contributed by atoms with van der Waals surface area (Å²) in [7, 11) is 5.37. The zero-order valence-corrected chi connectivity index (χ0v) is 6.52. The van der Waals surface area contributed by atoms with Gasteiger partial charge in [0.05, 0.1) is 0 Å². The topological polar surface area (TPSA) is 0 Å². The number of hydrogen-bond donors (Lipinski definition) is 0. The van der Waals surface area contributed by atoms with Crippen LogP contribution in [0.2, 0.25) is 5.25 Å². The Hall–Kier alpha value is 0.833. The standard InChI is InChI=1S/C2H7ClGe/c1-2-4-3/h2,4H2,1H3. The summed E-state index contributed by atoms with van der Waals surface area (Å²) in [6.45, 7) is 2.13. The van der Waals surface area contributed by atoms with Crippen LogP contribution in [0.1, 0.15) is 6.92 Å². The van der Waals surface area contributed by atoms with Gasteiger partial charge < -0.3 is 0 Å². The van der Waals surface area contributed by atoms with Crippen LogP contribution in [0.3, 0.4) is 0 Å². The summed E-state index contributed by atoms with van der Waals surface area (Å²) in [5.41, 5.74) is 0. The molecule has 0 unspecified atom stereocenters. The fraction of sp³-hybridized carbons (Fsp3) is 1.00. The van der Waals surface area contributed by atoms with Crippen LogP contribution in [0.4, 0.5) is 0 Å². The zero-order valence-electron chi connectivity index (χ0n) is 2.79. The summed E-state index contributed by atoms with van der Waals surface area (Å²) >= 11 is -0.417. The van der Waals surface area contributed by atoms with E-state index in [0.29, 0.717) is 0 Å². The molecule has 0 radical (unpaired) electrons. The Labute approximate surface area is 37.2 Å². The minimum absolute atomic E-state index is 0.417. The Morgan fingerprint density at radius 3 is 2.25 bits per heavy atom. The molecule has 0 spiro atoms. The molecule has 0 bridgehead atoms. The third-order valence-electron chi connectivity index (χ3n) is 0.189. The Morgan fingerprint density at radius 2 is 2.25 bits per heavy atom. The summed E-state index contributed by atoms with van der Waals surface area (Å²) in [4.78, 5) is 0. The van der Waals surface area contributed by atoms with Crippen LogP contribution in [0.5, 0.6) is 0 Å². The fourth-order valence-corrected chi connectivity index (χ4v) is 0. The van der Waals surface area contributed by atoms with Crippen molar-refractivity contribution in [1.29, 1.82) is 0 Å². The molecule has 0 aromatic heterocycles. The van der Waals surface area contributed by atoms with Crippen molar-refractivity contribution >= 4 is 24.5 Å². The fourth-order valence-electron chi connectivity index (χ4n) is 0. The molecule has 4 heavy (non-hydrogen) atoms. The summed E-state index contributed by atoms with van der Waals surface area (Å²) in [6, 6.07) is 0. The molecule has 0 atom stereocenters. The van der Waals surface area contributed by atoms with E-state index in [-0.39, 0.29) is 0 Å². The van der Waals surface area contributed by atoms with E-state index in [1.165, 1.54) is 5.25 Å². The molecule has 0 saturated heterocycles. The van der Waals surface area contributed by atoms with Crippen molar-refractivity contribution in [3.8, 4) is 0 Å². The van der Waals surface area contributed by atoms with Gasteiger partial charge in [0, 0.05) is 0 Å². The normalized spacial score (nSPS) is 10.5. The molecule has 0 aliphatic heterocycles. The average molecular weight is 139 g/mol. The maximum atomic E-state index is 5.37. The van der Waals surface area contributed by atoms with Gasteiger partial charge in [0.15, 0.2) is 0 Å². The number of halogens is 1. The third-order valence-corrected chi connectivity index (χ3v) is 2.95. The van der Waals surface area contributed by atoms with E-state index in [4.69, 9.17) is 10.0 Å². The monoisotopic (exact) mass is 140 g/mol. The van der Waals surface area contributed by atoms with Gasteiger partial charge in [-0.25, -0.2) is 0 Å². The molecule has 0 aliphatic carbocycles. The molecule has 26 valence electrons. The van der Waals surface area contributed by atoms with Crippen LogP contribution in [0, 0.1) is 0 Å². The molecule has 0 aliphatic rings. The molecule has 0 aromatic rings. The Kier molecular flexibility index (Phi) is 4.63. The maximum absolute atomic E-state index is 5.37. The molecule has 0 rings (SSSR count). The number of hydrogen-bond acceptors (Lipinski definition) is 0. The first-order valence-corrected chi connectivity index (χ1v) is 7.47. The van der Waals surface area contributed by atoms with Crippen molar-refractivity contribution in [2.75, 3.05) is 0 Å². The Morgan fingerprint density at radius 1 is 2.00 bits per heavy atom. The molecule has 0 fully saturated rings. The number of rotatable bonds is 1. The van der Waals surface area contributed by atoms with Crippen LogP contribution in [-0.4, -0.2) is 14.5 Å². The molecular weight excluding hydrogens is 132 g/mol. The van der Waals surface area contributed by atoms with E-state index in [1.807, 2.05) is 0 Å². The first-order chi connectivity index (χ1) is 1.91. The molecule has 0 saturated carbocycles. The van der Waals surface area contributed by atoms with E-state index in [9.17, 15) is 0 Å². The van der Waals surface area contributed by atoms with Crippen molar-refractivity contribution in [3.05, 3.63) is 0 Å². The van der Waals surface area contributed by atoms with Gasteiger partial charge in [0.2, 0.25) is 0 Å².